The van der Waals surface area contributed by atoms with Gasteiger partial charge >= 0.3 is 5.97 Å². The first-order valence-electron chi connectivity index (χ1n) is 8.73. The third-order valence-corrected chi connectivity index (χ3v) is 4.56. The van der Waals surface area contributed by atoms with E-state index in [4.69, 9.17) is 16.3 Å². The predicted molar refractivity (Wildman–Crippen MR) is 105 cm³/mol. The summed E-state index contributed by atoms with van der Waals surface area (Å²) in [5, 5.41) is 2.50. The Morgan fingerprint density at radius 2 is 1.79 bits per heavy atom. The minimum atomic E-state index is -1.09. The lowest BCUT2D eigenvalue weighted by atomic mass is 10.0. The molecule has 1 atom stereocenters. The zero-order valence-electron chi connectivity index (χ0n) is 15.8. The second-order valence-electron chi connectivity index (χ2n) is 6.47. The van der Waals surface area contributed by atoms with Gasteiger partial charge in [-0.05, 0) is 56.2 Å². The molecule has 0 unspecified atom stereocenters. The van der Waals surface area contributed by atoms with Crippen molar-refractivity contribution in [3.63, 3.8) is 0 Å². The molecule has 0 bridgehead atoms. The highest BCUT2D eigenvalue weighted by atomic mass is 35.5. The molecule has 148 valence electrons. The van der Waals surface area contributed by atoms with E-state index in [9.17, 15) is 18.8 Å². The molecule has 0 aromatic heterocycles. The Morgan fingerprint density at radius 3 is 2.43 bits per heavy atom. The van der Waals surface area contributed by atoms with Gasteiger partial charge in [-0.2, -0.15) is 0 Å². The van der Waals surface area contributed by atoms with Crippen molar-refractivity contribution < 1.29 is 23.5 Å². The van der Waals surface area contributed by atoms with E-state index in [0.29, 0.717) is 5.56 Å². The number of Topliss-reactive ketones (excluding diaryl/α,β-unsaturated/α-hetero) is 1. The van der Waals surface area contributed by atoms with Gasteiger partial charge in [-0.1, -0.05) is 23.7 Å². The predicted octanol–water partition coefficient (Wildman–Crippen LogP) is 4.63. The molecule has 0 radical (unpaired) electrons. The van der Waals surface area contributed by atoms with Gasteiger partial charge in [0.05, 0.1) is 17.1 Å². The molecule has 0 heterocycles. The van der Waals surface area contributed by atoms with E-state index in [-0.39, 0.29) is 29.3 Å². The molecule has 0 spiro atoms. The summed E-state index contributed by atoms with van der Waals surface area (Å²) in [5.41, 5.74) is 2.82. The largest absolute Gasteiger partial charge is 0.453 e. The number of ketones is 1. The van der Waals surface area contributed by atoms with Crippen molar-refractivity contribution in [2.24, 2.45) is 0 Å². The summed E-state index contributed by atoms with van der Waals surface area (Å²) in [6.07, 6.45) is -1.24. The fraction of sp³-hybridized carbons (Fsp3) is 0.286. The number of amides is 1. The van der Waals surface area contributed by atoms with Gasteiger partial charge in [0.2, 0.25) is 0 Å². The van der Waals surface area contributed by atoms with E-state index in [1.807, 2.05) is 19.9 Å². The maximum Gasteiger partial charge on any atom is 0.307 e. The lowest BCUT2D eigenvalue weighted by Crippen LogP contribution is -2.30. The van der Waals surface area contributed by atoms with Gasteiger partial charge in [-0.3, -0.25) is 14.4 Å². The summed E-state index contributed by atoms with van der Waals surface area (Å²) < 4.78 is 18.1. The molecule has 0 aliphatic rings. The van der Waals surface area contributed by atoms with Crippen LogP contribution in [0.4, 0.5) is 10.1 Å². The number of aryl methyl sites for hydroxylation is 2. The monoisotopic (exact) mass is 405 g/mol. The zero-order chi connectivity index (χ0) is 20.8. The van der Waals surface area contributed by atoms with Crippen LogP contribution in [0.2, 0.25) is 5.02 Å². The summed E-state index contributed by atoms with van der Waals surface area (Å²) in [5.74, 6) is -1.97. The first kappa shape index (κ1) is 21.6. The van der Waals surface area contributed by atoms with Crippen molar-refractivity contribution in [1.82, 2.24) is 0 Å². The lowest BCUT2D eigenvalue weighted by molar-refractivity contribution is -0.153. The average Bonchev–Trinajstić information content (AvgIpc) is 2.64. The Kier molecular flexibility index (Phi) is 7.29. The minimum Gasteiger partial charge on any atom is -0.453 e. The summed E-state index contributed by atoms with van der Waals surface area (Å²) in [6, 6.07) is 8.88. The average molecular weight is 406 g/mol. The number of anilines is 1. The molecule has 0 aliphatic heterocycles. The number of halogens is 2. The molecule has 0 saturated heterocycles. The number of rotatable bonds is 7. The number of esters is 1. The Hall–Kier alpha value is -2.73. The fourth-order valence-corrected chi connectivity index (χ4v) is 2.62. The number of carbonyl (C=O) groups is 3. The van der Waals surface area contributed by atoms with E-state index in [1.165, 1.54) is 13.0 Å². The van der Waals surface area contributed by atoms with E-state index in [2.05, 4.69) is 5.32 Å². The number of ether oxygens (including phenoxy) is 1. The van der Waals surface area contributed by atoms with E-state index in [0.717, 1.165) is 23.3 Å². The Labute approximate surface area is 167 Å². The van der Waals surface area contributed by atoms with Crippen LogP contribution in [0.3, 0.4) is 0 Å². The lowest BCUT2D eigenvalue weighted by Gasteiger charge is -2.14. The highest BCUT2D eigenvalue weighted by Crippen LogP contribution is 2.22. The van der Waals surface area contributed by atoms with Crippen LogP contribution in [0, 0.1) is 19.7 Å². The maximum atomic E-state index is 13.0. The number of nitrogens with one attached hydrogen (secondary N) is 1. The van der Waals surface area contributed by atoms with E-state index in [1.54, 1.807) is 12.1 Å². The molecule has 0 aliphatic carbocycles. The van der Waals surface area contributed by atoms with Crippen LogP contribution in [0.1, 0.15) is 41.3 Å². The zero-order valence-corrected chi connectivity index (χ0v) is 16.6. The molecule has 2 aromatic carbocycles. The smallest absolute Gasteiger partial charge is 0.307 e. The summed E-state index contributed by atoms with van der Waals surface area (Å²) >= 11 is 5.85. The van der Waals surface area contributed by atoms with Crippen molar-refractivity contribution in [3.05, 3.63) is 63.9 Å². The fourth-order valence-electron chi connectivity index (χ4n) is 2.41. The molecule has 1 N–H and O–H groups in total. The van der Waals surface area contributed by atoms with Gasteiger partial charge in [0, 0.05) is 12.0 Å². The minimum absolute atomic E-state index is 0.0144. The molecule has 2 aromatic rings. The van der Waals surface area contributed by atoms with Crippen molar-refractivity contribution in [3.8, 4) is 0 Å². The molecule has 28 heavy (non-hydrogen) atoms. The molecule has 5 nitrogen and oxygen atoms in total. The topological polar surface area (TPSA) is 72.5 Å². The number of benzene rings is 2. The standard InChI is InChI=1S/C21H21ClFNO4/c1-12-4-5-15(10-13(12)2)19(25)8-9-20(26)28-14(3)21(27)24-18-7-6-16(23)11-17(18)22/h4-7,10-11,14H,8-9H2,1-3H3,(H,24,27)/t14-/m0/s1. The molecular weight excluding hydrogens is 385 g/mol. The highest BCUT2D eigenvalue weighted by Gasteiger charge is 2.20. The van der Waals surface area contributed by atoms with Gasteiger partial charge in [-0.25, -0.2) is 4.39 Å². The summed E-state index contributed by atoms with van der Waals surface area (Å²) in [4.78, 5) is 36.3. The molecule has 0 saturated carbocycles. The number of hydrogen-bond acceptors (Lipinski definition) is 4. The highest BCUT2D eigenvalue weighted by molar-refractivity contribution is 6.33. The normalized spacial score (nSPS) is 11.6. The third-order valence-electron chi connectivity index (χ3n) is 4.25. The van der Waals surface area contributed by atoms with Crippen LogP contribution in [-0.2, 0) is 14.3 Å². The third kappa shape index (κ3) is 5.89. The van der Waals surface area contributed by atoms with Gasteiger partial charge in [0.15, 0.2) is 11.9 Å². The summed E-state index contributed by atoms with van der Waals surface area (Å²) in [6.45, 7) is 5.26. The van der Waals surface area contributed by atoms with Gasteiger partial charge in [0.1, 0.15) is 5.82 Å². The van der Waals surface area contributed by atoms with E-state index >= 15 is 0 Å². The maximum absolute atomic E-state index is 13.0. The van der Waals surface area contributed by atoms with Crippen LogP contribution >= 0.6 is 11.6 Å². The van der Waals surface area contributed by atoms with Crippen LogP contribution in [0.25, 0.3) is 0 Å². The molecule has 1 amide bonds. The Morgan fingerprint density at radius 1 is 1.07 bits per heavy atom. The van der Waals surface area contributed by atoms with Gasteiger partial charge in [0.25, 0.3) is 5.91 Å². The first-order chi connectivity index (χ1) is 13.2. The van der Waals surface area contributed by atoms with Gasteiger partial charge < -0.3 is 10.1 Å². The second-order valence-corrected chi connectivity index (χ2v) is 6.87. The van der Waals surface area contributed by atoms with E-state index < -0.39 is 23.8 Å². The molecule has 0 fully saturated rings. The van der Waals surface area contributed by atoms with Crippen LogP contribution in [0.15, 0.2) is 36.4 Å². The van der Waals surface area contributed by atoms with Crippen molar-refractivity contribution >= 4 is 34.9 Å². The molecular formula is C21H21ClFNO4. The van der Waals surface area contributed by atoms with Crippen molar-refractivity contribution in [2.75, 3.05) is 5.32 Å². The second kappa shape index (κ2) is 9.46. The SMILES string of the molecule is Cc1ccc(C(=O)CCC(=O)O[C@@H](C)C(=O)Nc2ccc(F)cc2Cl)cc1C. The molecule has 2 rings (SSSR count). The van der Waals surface area contributed by atoms with Crippen LogP contribution < -0.4 is 5.32 Å². The molecule has 7 heteroatoms. The number of carbonyl (C=O) groups excluding carboxylic acids is 3. The van der Waals surface area contributed by atoms with Crippen LogP contribution in [-0.4, -0.2) is 23.8 Å². The van der Waals surface area contributed by atoms with Crippen molar-refractivity contribution in [1.29, 1.82) is 0 Å². The Balaban J connectivity index is 1.85. The van der Waals surface area contributed by atoms with Crippen LogP contribution in [0.5, 0.6) is 0 Å². The van der Waals surface area contributed by atoms with Crippen molar-refractivity contribution in [2.45, 2.75) is 39.7 Å². The Bertz CT molecular complexity index is 913. The van der Waals surface area contributed by atoms with Gasteiger partial charge in [-0.15, -0.1) is 0 Å². The summed E-state index contributed by atoms with van der Waals surface area (Å²) in [7, 11) is 0. The quantitative estimate of drug-likeness (QED) is 0.538. The first-order valence-corrected chi connectivity index (χ1v) is 9.11. The number of hydrogen-bond donors (Lipinski definition) is 1.